The minimum Gasteiger partial charge on any atom is -0.493 e. The van der Waals surface area contributed by atoms with E-state index in [0.717, 1.165) is 43.1 Å². The summed E-state index contributed by atoms with van der Waals surface area (Å²) in [7, 11) is 1.65. The van der Waals surface area contributed by atoms with Crippen molar-refractivity contribution in [3.63, 3.8) is 0 Å². The lowest BCUT2D eigenvalue weighted by molar-refractivity contribution is -0.129. The average Bonchev–Trinajstić information content (AvgIpc) is 3.30. The predicted octanol–water partition coefficient (Wildman–Crippen LogP) is 3.34. The topological polar surface area (TPSA) is 75.2 Å². The quantitative estimate of drug-likeness (QED) is 0.464. The first-order valence-corrected chi connectivity index (χ1v) is 11.3. The molecule has 7 nitrogen and oxygen atoms in total. The Morgan fingerprint density at radius 1 is 1.12 bits per heavy atom. The number of methoxy groups -OCH3 is 1. The molecule has 1 saturated heterocycles. The maximum absolute atomic E-state index is 11.9. The minimum absolute atomic E-state index is 0.206. The van der Waals surface area contributed by atoms with E-state index >= 15 is 0 Å². The molecule has 0 saturated carbocycles. The van der Waals surface area contributed by atoms with Crippen LogP contribution in [0.25, 0.3) is 0 Å². The molecule has 0 aliphatic carbocycles. The normalized spacial score (nSPS) is 16.0. The summed E-state index contributed by atoms with van der Waals surface area (Å²) in [4.78, 5) is 18.6. The van der Waals surface area contributed by atoms with Gasteiger partial charge in [0.1, 0.15) is 6.61 Å². The van der Waals surface area contributed by atoms with Crippen molar-refractivity contribution in [1.82, 2.24) is 15.5 Å². The maximum atomic E-state index is 11.9. The van der Waals surface area contributed by atoms with Crippen molar-refractivity contribution in [1.29, 1.82) is 0 Å². The van der Waals surface area contributed by atoms with E-state index < -0.39 is 0 Å². The number of nitrogens with zero attached hydrogens (tertiary/aromatic N) is 2. The van der Waals surface area contributed by atoms with Gasteiger partial charge in [-0.2, -0.15) is 0 Å². The molecule has 1 fully saturated rings. The second kappa shape index (κ2) is 12.0. The molecule has 1 atom stereocenters. The molecule has 2 N–H and O–H groups in total. The summed E-state index contributed by atoms with van der Waals surface area (Å²) < 4.78 is 11.5. The third-order valence-electron chi connectivity index (χ3n) is 5.41. The standard InChI is InChI=1S/C25H34N4O3/c1-4-24(30)29-14-13-21(17-29)28-25(26-5-2)27-16-20-11-12-22(23(15-20)31-3)32-18-19-9-7-6-8-10-19/h6-12,15,21H,4-5,13-14,16-18H2,1-3H3,(H2,26,27,28). The molecule has 1 heterocycles. The number of benzene rings is 2. The van der Waals surface area contributed by atoms with Gasteiger partial charge in [-0.1, -0.05) is 43.3 Å². The van der Waals surface area contributed by atoms with Crippen LogP contribution in [-0.4, -0.2) is 49.6 Å². The molecule has 1 amide bonds. The van der Waals surface area contributed by atoms with E-state index in [4.69, 9.17) is 14.5 Å². The van der Waals surface area contributed by atoms with Crippen LogP contribution in [0.2, 0.25) is 0 Å². The highest BCUT2D eigenvalue weighted by Crippen LogP contribution is 2.29. The van der Waals surface area contributed by atoms with Gasteiger partial charge in [-0.05, 0) is 36.6 Å². The van der Waals surface area contributed by atoms with Gasteiger partial charge in [-0.25, -0.2) is 4.99 Å². The third kappa shape index (κ3) is 6.64. The highest BCUT2D eigenvalue weighted by Gasteiger charge is 2.25. The second-order valence-electron chi connectivity index (χ2n) is 7.78. The molecule has 2 aromatic rings. The van der Waals surface area contributed by atoms with E-state index in [1.807, 2.05) is 67.3 Å². The molecule has 32 heavy (non-hydrogen) atoms. The van der Waals surface area contributed by atoms with Crippen molar-refractivity contribution < 1.29 is 14.3 Å². The van der Waals surface area contributed by atoms with Crippen molar-refractivity contribution in [3.8, 4) is 11.5 Å². The van der Waals surface area contributed by atoms with E-state index in [1.165, 1.54) is 0 Å². The van der Waals surface area contributed by atoms with Gasteiger partial charge < -0.3 is 25.0 Å². The summed E-state index contributed by atoms with van der Waals surface area (Å²) in [5, 5.41) is 6.76. The fraction of sp³-hybridized carbons (Fsp3) is 0.440. The Morgan fingerprint density at radius 2 is 1.94 bits per heavy atom. The molecule has 0 bridgehead atoms. The summed E-state index contributed by atoms with van der Waals surface area (Å²) >= 11 is 0. The van der Waals surface area contributed by atoms with Crippen molar-refractivity contribution >= 4 is 11.9 Å². The molecule has 1 aliphatic rings. The molecular formula is C25H34N4O3. The van der Waals surface area contributed by atoms with Crippen molar-refractivity contribution in [3.05, 3.63) is 59.7 Å². The lowest BCUT2D eigenvalue weighted by Crippen LogP contribution is -2.45. The SMILES string of the molecule is CCNC(=NCc1ccc(OCc2ccccc2)c(OC)c1)NC1CCN(C(=O)CC)C1. The van der Waals surface area contributed by atoms with E-state index in [1.54, 1.807) is 7.11 Å². The fourth-order valence-corrected chi connectivity index (χ4v) is 3.68. The van der Waals surface area contributed by atoms with E-state index in [9.17, 15) is 4.79 Å². The summed E-state index contributed by atoms with van der Waals surface area (Å²) in [6.45, 7) is 7.23. The lowest BCUT2D eigenvalue weighted by atomic mass is 10.2. The molecule has 2 aromatic carbocycles. The number of guanidine groups is 1. The number of carbonyl (C=O) groups excluding carboxylic acids is 1. The van der Waals surface area contributed by atoms with Crippen LogP contribution in [0.1, 0.15) is 37.8 Å². The van der Waals surface area contributed by atoms with Gasteiger partial charge in [0.05, 0.1) is 13.7 Å². The molecule has 172 valence electrons. The van der Waals surface area contributed by atoms with Crippen LogP contribution in [0.15, 0.2) is 53.5 Å². The Hall–Kier alpha value is -3.22. The van der Waals surface area contributed by atoms with Gasteiger partial charge in [0, 0.05) is 32.1 Å². The molecule has 1 aliphatic heterocycles. The van der Waals surface area contributed by atoms with Gasteiger partial charge in [0.25, 0.3) is 0 Å². The number of hydrogen-bond donors (Lipinski definition) is 2. The first-order valence-electron chi connectivity index (χ1n) is 11.3. The molecule has 7 heteroatoms. The van der Waals surface area contributed by atoms with E-state index in [2.05, 4.69) is 10.6 Å². The smallest absolute Gasteiger partial charge is 0.222 e. The number of amides is 1. The molecule has 3 rings (SSSR count). The number of likely N-dealkylation sites (tertiary alicyclic amines) is 1. The zero-order chi connectivity index (χ0) is 22.8. The summed E-state index contributed by atoms with van der Waals surface area (Å²) in [5.41, 5.74) is 2.14. The van der Waals surface area contributed by atoms with Crippen molar-refractivity contribution in [2.24, 2.45) is 4.99 Å². The number of hydrogen-bond acceptors (Lipinski definition) is 4. The predicted molar refractivity (Wildman–Crippen MR) is 127 cm³/mol. The number of nitrogens with one attached hydrogen (secondary N) is 2. The average molecular weight is 439 g/mol. The number of ether oxygens (including phenoxy) is 2. The summed E-state index contributed by atoms with van der Waals surface area (Å²) in [5.74, 6) is 2.36. The Kier molecular flexibility index (Phi) is 8.78. The minimum atomic E-state index is 0.206. The van der Waals surface area contributed by atoms with Gasteiger partial charge >= 0.3 is 0 Å². The van der Waals surface area contributed by atoms with Gasteiger partial charge in [-0.3, -0.25) is 4.79 Å². The molecule has 0 spiro atoms. The van der Waals surface area contributed by atoms with E-state index in [-0.39, 0.29) is 11.9 Å². The third-order valence-corrected chi connectivity index (χ3v) is 5.41. The lowest BCUT2D eigenvalue weighted by Gasteiger charge is -2.18. The zero-order valence-corrected chi connectivity index (χ0v) is 19.3. The summed E-state index contributed by atoms with van der Waals surface area (Å²) in [6.07, 6.45) is 1.48. The number of rotatable bonds is 9. The molecule has 1 unspecified atom stereocenters. The Labute approximate surface area is 190 Å². The van der Waals surface area contributed by atoms with Crippen LogP contribution in [0.3, 0.4) is 0 Å². The van der Waals surface area contributed by atoms with Crippen LogP contribution in [0, 0.1) is 0 Å². The molecule has 0 radical (unpaired) electrons. The Morgan fingerprint density at radius 3 is 2.66 bits per heavy atom. The highest BCUT2D eigenvalue weighted by molar-refractivity contribution is 5.80. The van der Waals surface area contributed by atoms with Crippen LogP contribution >= 0.6 is 0 Å². The van der Waals surface area contributed by atoms with Crippen molar-refractivity contribution in [2.75, 3.05) is 26.7 Å². The molecule has 0 aromatic heterocycles. The number of carbonyl (C=O) groups is 1. The van der Waals surface area contributed by atoms with Crippen molar-refractivity contribution in [2.45, 2.75) is 45.9 Å². The van der Waals surface area contributed by atoms with Gasteiger partial charge in [0.15, 0.2) is 17.5 Å². The monoisotopic (exact) mass is 438 g/mol. The zero-order valence-electron chi connectivity index (χ0n) is 19.3. The fourth-order valence-electron chi connectivity index (χ4n) is 3.68. The first kappa shape index (κ1) is 23.4. The molecular weight excluding hydrogens is 404 g/mol. The maximum Gasteiger partial charge on any atom is 0.222 e. The first-order chi connectivity index (χ1) is 15.6. The van der Waals surface area contributed by atoms with Gasteiger partial charge in [0.2, 0.25) is 5.91 Å². The van der Waals surface area contributed by atoms with Crippen LogP contribution in [-0.2, 0) is 17.9 Å². The van der Waals surface area contributed by atoms with Crippen LogP contribution < -0.4 is 20.1 Å². The Balaban J connectivity index is 1.60. The highest BCUT2D eigenvalue weighted by atomic mass is 16.5. The van der Waals surface area contributed by atoms with Gasteiger partial charge in [-0.15, -0.1) is 0 Å². The van der Waals surface area contributed by atoms with E-state index in [0.29, 0.717) is 31.1 Å². The van der Waals surface area contributed by atoms with Crippen LogP contribution in [0.5, 0.6) is 11.5 Å². The largest absolute Gasteiger partial charge is 0.493 e. The second-order valence-corrected chi connectivity index (χ2v) is 7.78. The van der Waals surface area contributed by atoms with Crippen LogP contribution in [0.4, 0.5) is 0 Å². The Bertz CT molecular complexity index is 901. The number of aliphatic imine (C=N–C) groups is 1. The summed E-state index contributed by atoms with van der Waals surface area (Å²) in [6, 6.07) is 16.2.